The predicted octanol–water partition coefficient (Wildman–Crippen LogP) is 4.22. The van der Waals surface area contributed by atoms with Crippen LogP contribution < -0.4 is 5.32 Å². The third-order valence-corrected chi connectivity index (χ3v) is 4.64. The summed E-state index contributed by atoms with van der Waals surface area (Å²) in [6.07, 6.45) is 3.04. The quantitative estimate of drug-likeness (QED) is 0.568. The molecule has 0 spiro atoms. The van der Waals surface area contributed by atoms with Gasteiger partial charge in [0.05, 0.1) is 0 Å². The normalized spacial score (nSPS) is 10.8. The van der Waals surface area contributed by atoms with Gasteiger partial charge in [0.1, 0.15) is 11.5 Å². The van der Waals surface area contributed by atoms with Crippen LogP contribution in [0.2, 0.25) is 0 Å². The summed E-state index contributed by atoms with van der Waals surface area (Å²) in [5.41, 5.74) is 1.96. The number of nitrogens with zero attached hydrogens (tertiary/aromatic N) is 4. The third-order valence-electron chi connectivity index (χ3n) is 4.12. The van der Waals surface area contributed by atoms with Crippen molar-refractivity contribution in [3.05, 3.63) is 64.1 Å². The van der Waals surface area contributed by atoms with E-state index in [2.05, 4.69) is 48.9 Å². The Morgan fingerprint density at radius 3 is 2.67 bits per heavy atom. The molecule has 0 bridgehead atoms. The Morgan fingerprint density at radius 2 is 1.96 bits per heavy atom. The molecule has 2 aromatic carbocycles. The van der Waals surface area contributed by atoms with Crippen LogP contribution in [0, 0.1) is 12.7 Å². The smallest absolute Gasteiger partial charge is 0.224 e. The zero-order chi connectivity index (χ0) is 19.2. The molecule has 1 amide bonds. The van der Waals surface area contributed by atoms with Crippen LogP contribution in [0.3, 0.4) is 0 Å². The van der Waals surface area contributed by atoms with E-state index in [1.807, 2.05) is 12.1 Å². The van der Waals surface area contributed by atoms with E-state index in [9.17, 15) is 9.18 Å². The predicted molar refractivity (Wildman–Crippen MR) is 104 cm³/mol. The van der Waals surface area contributed by atoms with Crippen LogP contribution in [-0.4, -0.2) is 26.1 Å². The molecule has 0 fully saturated rings. The van der Waals surface area contributed by atoms with Gasteiger partial charge in [-0.2, -0.15) is 4.68 Å². The molecule has 0 aliphatic rings. The number of carbonyl (C=O) groups excluding carboxylic acids is 1. The van der Waals surface area contributed by atoms with E-state index in [-0.39, 0.29) is 11.6 Å². The zero-order valence-electron chi connectivity index (χ0n) is 14.8. The first-order valence-electron chi connectivity index (χ1n) is 8.62. The number of hydrogen-bond donors (Lipinski definition) is 1. The number of unbranched alkanes of at least 4 members (excludes halogenated alkanes) is 1. The van der Waals surface area contributed by atoms with Crippen LogP contribution >= 0.6 is 15.9 Å². The van der Waals surface area contributed by atoms with Crippen LogP contribution in [0.1, 0.15) is 30.7 Å². The lowest BCUT2D eigenvalue weighted by atomic mass is 10.1. The van der Waals surface area contributed by atoms with Gasteiger partial charge in [0.15, 0.2) is 5.82 Å². The summed E-state index contributed by atoms with van der Waals surface area (Å²) in [4.78, 5) is 12.2. The number of aromatic nitrogens is 4. The zero-order valence-corrected chi connectivity index (χ0v) is 16.4. The molecule has 0 aliphatic carbocycles. The van der Waals surface area contributed by atoms with Gasteiger partial charge in [-0.05, 0) is 72.5 Å². The van der Waals surface area contributed by atoms with Crippen molar-refractivity contribution in [1.29, 1.82) is 0 Å². The van der Waals surface area contributed by atoms with Gasteiger partial charge < -0.3 is 5.32 Å². The summed E-state index contributed by atoms with van der Waals surface area (Å²) in [6, 6.07) is 12.5. The highest BCUT2D eigenvalue weighted by Gasteiger charge is 2.11. The van der Waals surface area contributed by atoms with E-state index in [4.69, 9.17) is 0 Å². The van der Waals surface area contributed by atoms with Crippen molar-refractivity contribution in [2.45, 2.75) is 32.6 Å². The molecule has 6 nitrogen and oxygen atoms in total. The number of aryl methyl sites for hydroxylation is 2. The number of amides is 1. The lowest BCUT2D eigenvalue weighted by Gasteiger charge is -2.09. The lowest BCUT2D eigenvalue weighted by molar-refractivity contribution is -0.116. The first-order valence-corrected chi connectivity index (χ1v) is 9.41. The van der Waals surface area contributed by atoms with E-state index in [0.717, 1.165) is 23.7 Å². The highest BCUT2D eigenvalue weighted by atomic mass is 79.9. The molecule has 0 radical (unpaired) electrons. The standard InChI is InChI=1S/C19H19BrFN5O/c1-13-23-24-25-26(13)18-12-16(10-11-17(18)21)22-19(27)5-3-2-4-14-6-8-15(20)9-7-14/h6-12H,2-5H2,1H3,(H,22,27). The van der Waals surface area contributed by atoms with Gasteiger partial charge in [-0.1, -0.05) is 28.1 Å². The molecule has 27 heavy (non-hydrogen) atoms. The number of nitrogens with one attached hydrogen (secondary N) is 1. The molecule has 1 aromatic heterocycles. The minimum atomic E-state index is -0.460. The molecule has 0 saturated heterocycles. The number of halogens is 2. The van der Waals surface area contributed by atoms with Gasteiger partial charge >= 0.3 is 0 Å². The molecule has 1 N–H and O–H groups in total. The molecule has 1 heterocycles. The second-order valence-electron chi connectivity index (χ2n) is 6.19. The Bertz CT molecular complexity index is 926. The molecular formula is C19H19BrFN5O. The number of benzene rings is 2. The summed E-state index contributed by atoms with van der Waals surface area (Å²) in [5.74, 6) is -0.0972. The van der Waals surface area contributed by atoms with Crippen molar-refractivity contribution in [1.82, 2.24) is 20.2 Å². The fourth-order valence-electron chi connectivity index (χ4n) is 2.70. The van der Waals surface area contributed by atoms with Crippen molar-refractivity contribution in [2.24, 2.45) is 0 Å². The van der Waals surface area contributed by atoms with Crippen molar-refractivity contribution in [3.8, 4) is 5.69 Å². The molecule has 0 atom stereocenters. The summed E-state index contributed by atoms with van der Waals surface area (Å²) < 4.78 is 16.4. The number of hydrogen-bond acceptors (Lipinski definition) is 4. The first kappa shape index (κ1) is 19.2. The van der Waals surface area contributed by atoms with Crippen LogP contribution in [0.4, 0.5) is 10.1 Å². The molecule has 8 heteroatoms. The Hall–Kier alpha value is -2.61. The molecule has 3 aromatic rings. The summed E-state index contributed by atoms with van der Waals surface area (Å²) >= 11 is 3.42. The lowest BCUT2D eigenvalue weighted by Crippen LogP contribution is -2.12. The van der Waals surface area contributed by atoms with Crippen LogP contribution in [0.5, 0.6) is 0 Å². The van der Waals surface area contributed by atoms with E-state index >= 15 is 0 Å². The van der Waals surface area contributed by atoms with Gasteiger partial charge in [-0.15, -0.1) is 5.10 Å². The Kier molecular flexibility index (Phi) is 6.28. The van der Waals surface area contributed by atoms with Crippen LogP contribution in [-0.2, 0) is 11.2 Å². The summed E-state index contributed by atoms with van der Waals surface area (Å²) in [6.45, 7) is 1.68. The van der Waals surface area contributed by atoms with Crippen molar-refractivity contribution in [3.63, 3.8) is 0 Å². The topological polar surface area (TPSA) is 72.7 Å². The monoisotopic (exact) mass is 431 g/mol. The third kappa shape index (κ3) is 5.19. The Balaban J connectivity index is 1.52. The van der Waals surface area contributed by atoms with E-state index in [1.165, 1.54) is 28.4 Å². The SMILES string of the molecule is Cc1nnnn1-c1cc(NC(=O)CCCCc2ccc(Br)cc2)ccc1F. The van der Waals surface area contributed by atoms with Crippen molar-refractivity contribution < 1.29 is 9.18 Å². The molecule has 0 unspecified atom stereocenters. The average molecular weight is 432 g/mol. The summed E-state index contributed by atoms with van der Waals surface area (Å²) in [7, 11) is 0. The van der Waals surface area contributed by atoms with E-state index in [1.54, 1.807) is 6.92 Å². The molecule has 3 rings (SSSR count). The van der Waals surface area contributed by atoms with Gasteiger partial charge in [0.25, 0.3) is 0 Å². The maximum Gasteiger partial charge on any atom is 0.224 e. The second-order valence-corrected chi connectivity index (χ2v) is 7.10. The second kappa shape index (κ2) is 8.85. The van der Waals surface area contributed by atoms with Crippen molar-refractivity contribution >= 4 is 27.5 Å². The van der Waals surface area contributed by atoms with Crippen LogP contribution in [0.25, 0.3) is 5.69 Å². The molecular weight excluding hydrogens is 413 g/mol. The maximum absolute atomic E-state index is 14.1. The van der Waals surface area contributed by atoms with Gasteiger partial charge in [0, 0.05) is 16.6 Å². The molecule has 0 saturated carbocycles. The average Bonchev–Trinajstić information content (AvgIpc) is 3.08. The van der Waals surface area contributed by atoms with Gasteiger partial charge in [-0.25, -0.2) is 4.39 Å². The maximum atomic E-state index is 14.1. The minimum absolute atomic E-state index is 0.100. The largest absolute Gasteiger partial charge is 0.326 e. The van der Waals surface area contributed by atoms with Gasteiger partial charge in [-0.3, -0.25) is 4.79 Å². The Morgan fingerprint density at radius 1 is 1.19 bits per heavy atom. The fourth-order valence-corrected chi connectivity index (χ4v) is 2.96. The number of anilines is 1. The molecule has 140 valence electrons. The molecule has 0 aliphatic heterocycles. The van der Waals surface area contributed by atoms with Crippen molar-refractivity contribution in [2.75, 3.05) is 5.32 Å². The minimum Gasteiger partial charge on any atom is -0.326 e. The van der Waals surface area contributed by atoms with Crippen LogP contribution in [0.15, 0.2) is 46.9 Å². The number of carbonyl (C=O) groups is 1. The Labute approximate surface area is 164 Å². The van der Waals surface area contributed by atoms with Gasteiger partial charge in [0.2, 0.25) is 5.91 Å². The highest BCUT2D eigenvalue weighted by molar-refractivity contribution is 9.10. The number of rotatable bonds is 7. The number of tetrazole rings is 1. The highest BCUT2D eigenvalue weighted by Crippen LogP contribution is 2.19. The van der Waals surface area contributed by atoms with E-state index < -0.39 is 5.82 Å². The first-order chi connectivity index (χ1) is 13.0. The van der Waals surface area contributed by atoms with E-state index in [0.29, 0.717) is 17.9 Å². The fraction of sp³-hybridized carbons (Fsp3) is 0.263. The summed E-state index contributed by atoms with van der Waals surface area (Å²) in [5, 5.41) is 13.8.